The van der Waals surface area contributed by atoms with Crippen LogP contribution in [0, 0.1) is 6.92 Å². The topological polar surface area (TPSA) is 12.0 Å². The first-order chi connectivity index (χ1) is 8.74. The van der Waals surface area contributed by atoms with Gasteiger partial charge in [0.05, 0.1) is 6.04 Å². The van der Waals surface area contributed by atoms with Crippen LogP contribution in [0.5, 0.6) is 0 Å². The largest absolute Gasteiger partial charge is 0.307 e. The molecule has 0 bridgehead atoms. The molecule has 1 aromatic carbocycles. The van der Waals surface area contributed by atoms with Gasteiger partial charge in [-0.1, -0.05) is 46.6 Å². The average Bonchev–Trinajstić information content (AvgIpc) is 2.88. The van der Waals surface area contributed by atoms with Gasteiger partial charge < -0.3 is 5.32 Å². The van der Waals surface area contributed by atoms with Gasteiger partial charge in [-0.25, -0.2) is 0 Å². The zero-order valence-corrected chi connectivity index (χ0v) is 12.9. The summed E-state index contributed by atoms with van der Waals surface area (Å²) in [5.74, 6) is 0. The first-order valence-corrected chi connectivity index (χ1v) is 7.70. The predicted molar refractivity (Wildman–Crippen MR) is 81.8 cm³/mol. The Morgan fingerprint density at radius 3 is 2.89 bits per heavy atom. The van der Waals surface area contributed by atoms with Crippen LogP contribution in [0.2, 0.25) is 0 Å². The third-order valence-electron chi connectivity index (χ3n) is 3.67. The molecule has 1 aliphatic carbocycles. The van der Waals surface area contributed by atoms with E-state index in [-0.39, 0.29) is 0 Å². The monoisotopic (exact) mass is 307 g/mol. The molecule has 1 aromatic rings. The van der Waals surface area contributed by atoms with Crippen molar-refractivity contribution < 1.29 is 0 Å². The molecule has 1 aliphatic rings. The summed E-state index contributed by atoms with van der Waals surface area (Å²) >= 11 is 3.64. The number of nitrogens with one attached hydrogen (secondary N) is 1. The van der Waals surface area contributed by atoms with E-state index >= 15 is 0 Å². The smallest absolute Gasteiger partial charge is 0.0539 e. The number of hydrogen-bond donors (Lipinski definition) is 1. The minimum absolute atomic E-state index is 0.407. The second-order valence-electron chi connectivity index (χ2n) is 5.01. The van der Waals surface area contributed by atoms with Crippen molar-refractivity contribution in [1.82, 2.24) is 5.32 Å². The van der Waals surface area contributed by atoms with Gasteiger partial charge in [0.25, 0.3) is 0 Å². The molecule has 98 valence electrons. The molecule has 18 heavy (non-hydrogen) atoms. The highest BCUT2D eigenvalue weighted by atomic mass is 79.9. The SMILES string of the molecule is CCCNC(C1=CCCC1)c1cccc(Br)c1C. The lowest BCUT2D eigenvalue weighted by atomic mass is 9.94. The molecule has 2 rings (SSSR count). The Bertz CT molecular complexity index is 437. The lowest BCUT2D eigenvalue weighted by molar-refractivity contribution is 0.576. The number of hydrogen-bond acceptors (Lipinski definition) is 1. The van der Waals surface area contributed by atoms with Gasteiger partial charge in [-0.15, -0.1) is 0 Å². The third kappa shape index (κ3) is 3.04. The van der Waals surface area contributed by atoms with E-state index in [0.717, 1.165) is 6.54 Å². The van der Waals surface area contributed by atoms with Gasteiger partial charge in [0.15, 0.2) is 0 Å². The summed E-state index contributed by atoms with van der Waals surface area (Å²) in [6.45, 7) is 5.50. The molecular weight excluding hydrogens is 286 g/mol. The Balaban J connectivity index is 2.30. The fourth-order valence-corrected chi connectivity index (χ4v) is 3.01. The highest BCUT2D eigenvalue weighted by molar-refractivity contribution is 9.10. The van der Waals surface area contributed by atoms with Crippen LogP contribution in [-0.4, -0.2) is 6.54 Å². The van der Waals surface area contributed by atoms with Gasteiger partial charge in [0.1, 0.15) is 0 Å². The molecule has 0 saturated heterocycles. The average molecular weight is 308 g/mol. The lowest BCUT2D eigenvalue weighted by Crippen LogP contribution is -2.24. The van der Waals surface area contributed by atoms with Gasteiger partial charge in [0.2, 0.25) is 0 Å². The Labute approximate surface area is 119 Å². The highest BCUT2D eigenvalue weighted by Crippen LogP contribution is 2.34. The van der Waals surface area contributed by atoms with Crippen LogP contribution in [0.1, 0.15) is 49.8 Å². The molecule has 0 heterocycles. The molecule has 2 heteroatoms. The van der Waals surface area contributed by atoms with Crippen molar-refractivity contribution in [1.29, 1.82) is 0 Å². The molecule has 0 saturated carbocycles. The van der Waals surface area contributed by atoms with Crippen molar-refractivity contribution >= 4 is 15.9 Å². The number of allylic oxidation sites excluding steroid dienone is 1. The summed E-state index contributed by atoms with van der Waals surface area (Å²) in [6.07, 6.45) is 7.40. The van der Waals surface area contributed by atoms with E-state index in [4.69, 9.17) is 0 Å². The maximum atomic E-state index is 3.71. The van der Waals surface area contributed by atoms with E-state index in [1.807, 2.05) is 0 Å². The first kappa shape index (κ1) is 13.8. The zero-order valence-electron chi connectivity index (χ0n) is 11.3. The second-order valence-corrected chi connectivity index (χ2v) is 5.87. The quantitative estimate of drug-likeness (QED) is 0.762. The molecule has 1 nitrogen and oxygen atoms in total. The van der Waals surface area contributed by atoms with Crippen LogP contribution < -0.4 is 5.32 Å². The van der Waals surface area contributed by atoms with E-state index in [2.05, 4.69) is 59.4 Å². The summed E-state index contributed by atoms with van der Waals surface area (Å²) in [4.78, 5) is 0. The first-order valence-electron chi connectivity index (χ1n) is 6.91. The zero-order chi connectivity index (χ0) is 13.0. The summed E-state index contributed by atoms with van der Waals surface area (Å²) < 4.78 is 1.21. The van der Waals surface area contributed by atoms with Crippen molar-refractivity contribution in [2.45, 2.75) is 45.6 Å². The van der Waals surface area contributed by atoms with Crippen LogP contribution in [0.4, 0.5) is 0 Å². The van der Waals surface area contributed by atoms with Gasteiger partial charge in [-0.2, -0.15) is 0 Å². The second kappa shape index (κ2) is 6.53. The molecule has 0 fully saturated rings. The maximum absolute atomic E-state index is 3.71. The van der Waals surface area contributed by atoms with E-state index < -0.39 is 0 Å². The van der Waals surface area contributed by atoms with Crippen LogP contribution in [-0.2, 0) is 0 Å². The fraction of sp³-hybridized carbons (Fsp3) is 0.500. The molecule has 0 spiro atoms. The highest BCUT2D eigenvalue weighted by Gasteiger charge is 2.20. The molecule has 0 aliphatic heterocycles. The Morgan fingerprint density at radius 1 is 1.39 bits per heavy atom. The summed E-state index contributed by atoms with van der Waals surface area (Å²) in [5, 5.41) is 3.71. The molecule has 0 radical (unpaired) electrons. The minimum Gasteiger partial charge on any atom is -0.307 e. The molecular formula is C16H22BrN. The third-order valence-corrected chi connectivity index (χ3v) is 4.53. The van der Waals surface area contributed by atoms with Crippen LogP contribution in [0.25, 0.3) is 0 Å². The Hall–Kier alpha value is -0.600. The number of halogens is 1. The normalized spacial score (nSPS) is 16.7. The number of benzene rings is 1. The summed E-state index contributed by atoms with van der Waals surface area (Å²) in [7, 11) is 0. The van der Waals surface area contributed by atoms with Gasteiger partial charge in [-0.3, -0.25) is 0 Å². The van der Waals surface area contributed by atoms with Crippen LogP contribution in [0.15, 0.2) is 34.3 Å². The predicted octanol–water partition coefficient (Wildman–Crippen LogP) is 4.91. The minimum atomic E-state index is 0.407. The Morgan fingerprint density at radius 2 is 2.22 bits per heavy atom. The van der Waals surface area contributed by atoms with Crippen molar-refractivity contribution in [2.75, 3.05) is 6.54 Å². The van der Waals surface area contributed by atoms with E-state index in [9.17, 15) is 0 Å². The number of rotatable bonds is 5. The van der Waals surface area contributed by atoms with Crippen LogP contribution in [0.3, 0.4) is 0 Å². The molecule has 1 unspecified atom stereocenters. The van der Waals surface area contributed by atoms with Crippen molar-refractivity contribution in [3.63, 3.8) is 0 Å². The van der Waals surface area contributed by atoms with E-state index in [0.29, 0.717) is 6.04 Å². The van der Waals surface area contributed by atoms with Crippen LogP contribution >= 0.6 is 15.9 Å². The maximum Gasteiger partial charge on any atom is 0.0539 e. The molecule has 0 aromatic heterocycles. The molecule has 1 N–H and O–H groups in total. The standard InChI is InChI=1S/C16H22BrN/c1-3-11-18-16(13-7-4-5-8-13)14-9-6-10-15(17)12(14)2/h6-7,9-10,16,18H,3-5,8,11H2,1-2H3. The van der Waals surface area contributed by atoms with Crippen molar-refractivity contribution in [3.8, 4) is 0 Å². The van der Waals surface area contributed by atoms with E-state index in [1.54, 1.807) is 5.57 Å². The van der Waals surface area contributed by atoms with Gasteiger partial charge in [0, 0.05) is 4.47 Å². The van der Waals surface area contributed by atoms with Crippen molar-refractivity contribution in [3.05, 3.63) is 45.4 Å². The van der Waals surface area contributed by atoms with Gasteiger partial charge >= 0.3 is 0 Å². The van der Waals surface area contributed by atoms with E-state index in [1.165, 1.54) is 41.3 Å². The Kier molecular flexibility index (Phi) is 5.02. The lowest BCUT2D eigenvalue weighted by Gasteiger charge is -2.23. The summed E-state index contributed by atoms with van der Waals surface area (Å²) in [6, 6.07) is 6.93. The fourth-order valence-electron chi connectivity index (χ4n) is 2.62. The molecule has 0 amide bonds. The summed E-state index contributed by atoms with van der Waals surface area (Å²) in [5.41, 5.74) is 4.36. The van der Waals surface area contributed by atoms with Gasteiger partial charge in [-0.05, 0) is 56.3 Å². The molecule has 1 atom stereocenters. The van der Waals surface area contributed by atoms with Crippen molar-refractivity contribution in [2.24, 2.45) is 0 Å².